The maximum absolute atomic E-state index is 8.77. The molecule has 12 heavy (non-hydrogen) atoms. The van der Waals surface area contributed by atoms with E-state index in [2.05, 4.69) is 4.98 Å². The summed E-state index contributed by atoms with van der Waals surface area (Å²) in [6.45, 7) is 2.16. The summed E-state index contributed by atoms with van der Waals surface area (Å²) in [5.74, 6) is 0. The van der Waals surface area contributed by atoms with Gasteiger partial charge in [0.05, 0.1) is 0 Å². The van der Waals surface area contributed by atoms with Gasteiger partial charge >= 0.3 is 0 Å². The van der Waals surface area contributed by atoms with Crippen LogP contribution in [-0.4, -0.2) is 16.7 Å². The van der Waals surface area contributed by atoms with Crippen LogP contribution in [0.15, 0.2) is 30.6 Å². The summed E-state index contributed by atoms with van der Waals surface area (Å²) in [4.78, 5) is 4.01. The van der Waals surface area contributed by atoms with Gasteiger partial charge < -0.3 is 5.11 Å². The first-order chi connectivity index (χ1) is 5.88. The lowest BCUT2D eigenvalue weighted by Crippen LogP contribution is -1.89. The molecule has 2 heteroatoms. The Labute approximate surface area is 72.6 Å². The van der Waals surface area contributed by atoms with E-state index in [1.807, 2.05) is 31.3 Å². The SMILES string of the molecule is C/C=C(/CCO)c1cccnc1. The highest BCUT2D eigenvalue weighted by atomic mass is 16.2. The normalized spacial score (nSPS) is 11.7. The minimum absolute atomic E-state index is 0.189. The Morgan fingerprint density at radius 2 is 2.50 bits per heavy atom. The van der Waals surface area contributed by atoms with E-state index in [0.29, 0.717) is 6.42 Å². The van der Waals surface area contributed by atoms with Gasteiger partial charge in [-0.05, 0) is 30.5 Å². The number of nitrogens with zero attached hydrogens (tertiary/aromatic N) is 1. The molecule has 1 aromatic rings. The molecule has 0 atom stereocenters. The Morgan fingerprint density at radius 3 is 3.00 bits per heavy atom. The van der Waals surface area contributed by atoms with Crippen molar-refractivity contribution in [1.29, 1.82) is 0 Å². The summed E-state index contributed by atoms with van der Waals surface area (Å²) in [6.07, 6.45) is 6.26. The molecule has 0 bridgehead atoms. The standard InChI is InChI=1S/C10H13NO/c1-2-9(5-7-12)10-4-3-6-11-8-10/h2-4,6,8,12H,5,7H2,1H3/b9-2-. The largest absolute Gasteiger partial charge is 0.396 e. The van der Waals surface area contributed by atoms with E-state index >= 15 is 0 Å². The molecule has 0 aromatic carbocycles. The smallest absolute Gasteiger partial charge is 0.0471 e. The quantitative estimate of drug-likeness (QED) is 0.737. The maximum Gasteiger partial charge on any atom is 0.0471 e. The molecule has 64 valence electrons. The van der Waals surface area contributed by atoms with Gasteiger partial charge in [-0.15, -0.1) is 0 Å². The van der Waals surface area contributed by atoms with E-state index in [-0.39, 0.29) is 6.61 Å². The predicted molar refractivity (Wildman–Crippen MR) is 49.6 cm³/mol. The number of aromatic nitrogens is 1. The molecule has 0 aliphatic heterocycles. The van der Waals surface area contributed by atoms with Crippen molar-refractivity contribution >= 4 is 5.57 Å². The topological polar surface area (TPSA) is 33.1 Å². The van der Waals surface area contributed by atoms with E-state index < -0.39 is 0 Å². The van der Waals surface area contributed by atoms with Crippen molar-refractivity contribution in [3.05, 3.63) is 36.2 Å². The van der Waals surface area contributed by atoms with Gasteiger partial charge in [0, 0.05) is 19.0 Å². The first-order valence-corrected chi connectivity index (χ1v) is 4.05. The average Bonchev–Trinajstić information content (AvgIpc) is 2.15. The van der Waals surface area contributed by atoms with Crippen molar-refractivity contribution in [2.75, 3.05) is 6.61 Å². The Balaban J connectivity index is 2.82. The summed E-state index contributed by atoms with van der Waals surface area (Å²) < 4.78 is 0. The lowest BCUT2D eigenvalue weighted by molar-refractivity contribution is 0.305. The van der Waals surface area contributed by atoms with Crippen molar-refractivity contribution in [2.24, 2.45) is 0 Å². The Morgan fingerprint density at radius 1 is 1.67 bits per heavy atom. The van der Waals surface area contributed by atoms with E-state index in [4.69, 9.17) is 5.11 Å². The van der Waals surface area contributed by atoms with Gasteiger partial charge in [0.25, 0.3) is 0 Å². The van der Waals surface area contributed by atoms with Crippen molar-refractivity contribution in [3.63, 3.8) is 0 Å². The molecule has 0 aliphatic carbocycles. The lowest BCUT2D eigenvalue weighted by atomic mass is 10.1. The predicted octanol–water partition coefficient (Wildman–Crippen LogP) is 1.87. The summed E-state index contributed by atoms with van der Waals surface area (Å²) >= 11 is 0. The average molecular weight is 163 g/mol. The van der Waals surface area contributed by atoms with Gasteiger partial charge in [-0.1, -0.05) is 12.1 Å². The zero-order valence-electron chi connectivity index (χ0n) is 7.20. The number of hydrogen-bond donors (Lipinski definition) is 1. The molecule has 1 N–H and O–H groups in total. The van der Waals surface area contributed by atoms with Crippen molar-refractivity contribution in [3.8, 4) is 0 Å². The summed E-state index contributed by atoms with van der Waals surface area (Å²) in [5, 5.41) is 8.77. The minimum Gasteiger partial charge on any atom is -0.396 e. The molecule has 0 saturated carbocycles. The van der Waals surface area contributed by atoms with Crippen LogP contribution in [0.2, 0.25) is 0 Å². The molecule has 0 amide bonds. The van der Waals surface area contributed by atoms with E-state index in [9.17, 15) is 0 Å². The van der Waals surface area contributed by atoms with Crippen LogP contribution >= 0.6 is 0 Å². The maximum atomic E-state index is 8.77. The Hall–Kier alpha value is -1.15. The first-order valence-electron chi connectivity index (χ1n) is 4.05. The Kier molecular flexibility index (Phi) is 3.48. The zero-order valence-corrected chi connectivity index (χ0v) is 7.20. The molecule has 1 rings (SSSR count). The van der Waals surface area contributed by atoms with Gasteiger partial charge in [0.15, 0.2) is 0 Å². The molecule has 0 fully saturated rings. The van der Waals surface area contributed by atoms with Crippen molar-refractivity contribution in [2.45, 2.75) is 13.3 Å². The van der Waals surface area contributed by atoms with Crippen LogP contribution in [0.4, 0.5) is 0 Å². The van der Waals surface area contributed by atoms with Gasteiger partial charge in [0.2, 0.25) is 0 Å². The monoisotopic (exact) mass is 163 g/mol. The highest BCUT2D eigenvalue weighted by molar-refractivity contribution is 5.64. The molecule has 1 heterocycles. The molecule has 0 radical (unpaired) electrons. The van der Waals surface area contributed by atoms with Gasteiger partial charge in [-0.2, -0.15) is 0 Å². The molecule has 0 unspecified atom stereocenters. The van der Waals surface area contributed by atoms with Crippen LogP contribution in [0.25, 0.3) is 5.57 Å². The number of rotatable bonds is 3. The summed E-state index contributed by atoms with van der Waals surface area (Å²) in [6, 6.07) is 3.90. The third kappa shape index (κ3) is 2.17. The second-order valence-corrected chi connectivity index (χ2v) is 2.53. The van der Waals surface area contributed by atoms with Crippen LogP contribution in [-0.2, 0) is 0 Å². The van der Waals surface area contributed by atoms with E-state index in [1.165, 1.54) is 0 Å². The molecular weight excluding hydrogens is 150 g/mol. The van der Waals surface area contributed by atoms with E-state index in [0.717, 1.165) is 11.1 Å². The van der Waals surface area contributed by atoms with Crippen molar-refractivity contribution < 1.29 is 5.11 Å². The third-order valence-corrected chi connectivity index (χ3v) is 1.76. The molecule has 2 nitrogen and oxygen atoms in total. The lowest BCUT2D eigenvalue weighted by Gasteiger charge is -2.03. The molecule has 0 saturated heterocycles. The zero-order chi connectivity index (χ0) is 8.81. The third-order valence-electron chi connectivity index (χ3n) is 1.76. The van der Waals surface area contributed by atoms with Crippen LogP contribution < -0.4 is 0 Å². The first kappa shape index (κ1) is 8.94. The molecular formula is C10H13NO. The fourth-order valence-corrected chi connectivity index (χ4v) is 1.13. The second kappa shape index (κ2) is 4.67. The highest BCUT2D eigenvalue weighted by Gasteiger charge is 1.97. The number of pyridine rings is 1. The highest BCUT2D eigenvalue weighted by Crippen LogP contribution is 2.15. The van der Waals surface area contributed by atoms with Crippen LogP contribution in [0.3, 0.4) is 0 Å². The molecule has 0 aliphatic rings. The van der Waals surface area contributed by atoms with Gasteiger partial charge in [-0.3, -0.25) is 4.98 Å². The number of aliphatic hydroxyl groups excluding tert-OH is 1. The second-order valence-electron chi connectivity index (χ2n) is 2.53. The number of allylic oxidation sites excluding steroid dienone is 1. The Bertz CT molecular complexity index is 254. The van der Waals surface area contributed by atoms with Gasteiger partial charge in [0.1, 0.15) is 0 Å². The van der Waals surface area contributed by atoms with Crippen LogP contribution in [0.5, 0.6) is 0 Å². The van der Waals surface area contributed by atoms with Gasteiger partial charge in [-0.25, -0.2) is 0 Å². The number of hydrogen-bond acceptors (Lipinski definition) is 2. The van der Waals surface area contributed by atoms with Crippen molar-refractivity contribution in [1.82, 2.24) is 4.98 Å². The van der Waals surface area contributed by atoms with Crippen LogP contribution in [0.1, 0.15) is 18.9 Å². The summed E-state index contributed by atoms with van der Waals surface area (Å²) in [5.41, 5.74) is 2.24. The molecule has 1 aromatic heterocycles. The fourth-order valence-electron chi connectivity index (χ4n) is 1.13. The molecule has 0 spiro atoms. The number of aliphatic hydroxyl groups is 1. The summed E-state index contributed by atoms with van der Waals surface area (Å²) in [7, 11) is 0. The fraction of sp³-hybridized carbons (Fsp3) is 0.300. The van der Waals surface area contributed by atoms with E-state index in [1.54, 1.807) is 6.20 Å². The van der Waals surface area contributed by atoms with Crippen LogP contribution in [0, 0.1) is 0 Å². The minimum atomic E-state index is 0.189.